The molecule has 1 unspecified atom stereocenters. The molecule has 2 N–H and O–H groups in total. The molecule has 0 bridgehead atoms. The first-order valence-electron chi connectivity index (χ1n) is 8.95. The smallest absolute Gasteiger partial charge is 0.240 e. The molecule has 0 aliphatic rings. The van der Waals surface area contributed by atoms with Crippen molar-refractivity contribution in [1.82, 2.24) is 15.0 Å². The van der Waals surface area contributed by atoms with Crippen LogP contribution in [-0.2, 0) is 14.8 Å². The van der Waals surface area contributed by atoms with E-state index in [1.807, 2.05) is 42.5 Å². The maximum Gasteiger partial charge on any atom is 0.240 e. The van der Waals surface area contributed by atoms with Crippen LogP contribution in [0.25, 0.3) is 0 Å². The molecule has 150 valence electrons. The Bertz CT molecular complexity index is 1000. The summed E-state index contributed by atoms with van der Waals surface area (Å²) < 4.78 is 39.8. The van der Waals surface area contributed by atoms with E-state index in [1.165, 1.54) is 12.1 Å². The Labute approximate surface area is 168 Å². The number of nitrogens with zero attached hydrogens (tertiary/aromatic N) is 1. The van der Waals surface area contributed by atoms with E-state index in [0.29, 0.717) is 0 Å². The zero-order valence-electron chi connectivity index (χ0n) is 15.5. The Morgan fingerprint density at radius 2 is 1.55 bits per heavy atom. The maximum absolute atomic E-state index is 13.0. The SMILES string of the molecule is O=C(CCNS(=O)(=O)c1ccc(F)cc1)NC(c1ccccc1)c1ccncc1. The molecule has 8 heteroatoms. The van der Waals surface area contributed by atoms with Crippen molar-refractivity contribution in [3.8, 4) is 0 Å². The predicted octanol–water partition coefficient (Wildman–Crippen LogP) is 2.79. The lowest BCUT2D eigenvalue weighted by molar-refractivity contribution is -0.121. The van der Waals surface area contributed by atoms with E-state index in [4.69, 9.17) is 0 Å². The average Bonchev–Trinajstić information content (AvgIpc) is 2.73. The van der Waals surface area contributed by atoms with E-state index in [9.17, 15) is 17.6 Å². The fourth-order valence-corrected chi connectivity index (χ4v) is 3.82. The molecule has 1 heterocycles. The molecule has 1 atom stereocenters. The van der Waals surface area contributed by atoms with Gasteiger partial charge >= 0.3 is 0 Å². The van der Waals surface area contributed by atoms with Crippen molar-refractivity contribution in [3.05, 3.63) is 96.1 Å². The number of benzene rings is 2. The number of amides is 1. The topological polar surface area (TPSA) is 88.2 Å². The summed E-state index contributed by atoms with van der Waals surface area (Å²) in [7, 11) is -3.81. The standard InChI is InChI=1S/C21H20FN3O3S/c22-18-6-8-19(9-7-18)29(27,28)24-15-12-20(26)25-21(16-4-2-1-3-5-16)17-10-13-23-14-11-17/h1-11,13-14,21,24H,12,15H2,(H,25,26). The van der Waals surface area contributed by atoms with Crippen molar-refractivity contribution in [2.24, 2.45) is 0 Å². The summed E-state index contributed by atoms with van der Waals surface area (Å²) in [5.41, 5.74) is 1.77. The van der Waals surface area contributed by atoms with Gasteiger partial charge in [0.05, 0.1) is 10.9 Å². The van der Waals surface area contributed by atoms with Crippen LogP contribution in [0.5, 0.6) is 0 Å². The highest BCUT2D eigenvalue weighted by atomic mass is 32.2. The van der Waals surface area contributed by atoms with Crippen molar-refractivity contribution in [2.75, 3.05) is 6.54 Å². The van der Waals surface area contributed by atoms with Gasteiger partial charge in [-0.25, -0.2) is 17.5 Å². The molecule has 2 aromatic carbocycles. The van der Waals surface area contributed by atoms with E-state index < -0.39 is 15.8 Å². The molecule has 0 aliphatic carbocycles. The Morgan fingerprint density at radius 1 is 0.931 bits per heavy atom. The number of halogens is 1. The van der Waals surface area contributed by atoms with Crippen molar-refractivity contribution >= 4 is 15.9 Å². The van der Waals surface area contributed by atoms with Gasteiger partial charge in [0.1, 0.15) is 5.82 Å². The highest BCUT2D eigenvalue weighted by Gasteiger charge is 2.18. The number of carbonyl (C=O) groups is 1. The second-order valence-electron chi connectivity index (χ2n) is 6.29. The monoisotopic (exact) mass is 413 g/mol. The van der Waals surface area contributed by atoms with Gasteiger partial charge in [-0.1, -0.05) is 30.3 Å². The number of rotatable bonds is 8. The van der Waals surface area contributed by atoms with Crippen LogP contribution in [-0.4, -0.2) is 25.9 Å². The number of nitrogens with one attached hydrogen (secondary N) is 2. The van der Waals surface area contributed by atoms with Crippen molar-refractivity contribution in [3.63, 3.8) is 0 Å². The van der Waals surface area contributed by atoms with Gasteiger partial charge in [-0.15, -0.1) is 0 Å². The number of hydrogen-bond acceptors (Lipinski definition) is 4. The highest BCUT2D eigenvalue weighted by molar-refractivity contribution is 7.89. The molecular weight excluding hydrogens is 393 g/mol. The lowest BCUT2D eigenvalue weighted by Gasteiger charge is -2.20. The van der Waals surface area contributed by atoms with Gasteiger partial charge in [0.15, 0.2) is 0 Å². The molecule has 0 aliphatic heterocycles. The molecule has 0 spiro atoms. The molecule has 1 amide bonds. The predicted molar refractivity (Wildman–Crippen MR) is 107 cm³/mol. The molecule has 0 saturated carbocycles. The molecule has 1 aromatic heterocycles. The lowest BCUT2D eigenvalue weighted by Crippen LogP contribution is -2.33. The molecule has 0 fully saturated rings. The largest absolute Gasteiger partial charge is 0.345 e. The summed E-state index contributed by atoms with van der Waals surface area (Å²) in [5.74, 6) is -0.830. The Balaban J connectivity index is 1.63. The van der Waals surface area contributed by atoms with Crippen LogP contribution >= 0.6 is 0 Å². The third-order valence-electron chi connectivity index (χ3n) is 4.25. The third kappa shape index (κ3) is 5.69. The van der Waals surface area contributed by atoms with Gasteiger partial charge < -0.3 is 5.32 Å². The quantitative estimate of drug-likeness (QED) is 0.594. The fraction of sp³-hybridized carbons (Fsp3) is 0.143. The minimum absolute atomic E-state index is 0.0468. The van der Waals surface area contributed by atoms with Crippen LogP contribution in [0.2, 0.25) is 0 Å². The summed E-state index contributed by atoms with van der Waals surface area (Å²) in [5, 5.41) is 2.93. The first-order chi connectivity index (χ1) is 14.0. The van der Waals surface area contributed by atoms with Crippen LogP contribution in [0.4, 0.5) is 4.39 Å². The van der Waals surface area contributed by atoms with Crippen LogP contribution in [0.1, 0.15) is 23.6 Å². The summed E-state index contributed by atoms with van der Waals surface area (Å²) in [6.45, 7) is -0.0800. The van der Waals surface area contributed by atoms with Crippen LogP contribution in [0, 0.1) is 5.82 Å². The van der Waals surface area contributed by atoms with Gasteiger partial charge in [-0.3, -0.25) is 9.78 Å². The van der Waals surface area contributed by atoms with Gasteiger partial charge in [-0.2, -0.15) is 0 Å². The highest BCUT2D eigenvalue weighted by Crippen LogP contribution is 2.21. The maximum atomic E-state index is 13.0. The van der Waals surface area contributed by atoms with Crippen molar-refractivity contribution in [2.45, 2.75) is 17.4 Å². The van der Waals surface area contributed by atoms with E-state index in [1.54, 1.807) is 12.4 Å². The Morgan fingerprint density at radius 3 is 2.21 bits per heavy atom. The third-order valence-corrected chi connectivity index (χ3v) is 5.72. The Kier molecular flexibility index (Phi) is 6.69. The number of pyridine rings is 1. The number of carbonyl (C=O) groups excluding carboxylic acids is 1. The minimum atomic E-state index is -3.81. The van der Waals surface area contributed by atoms with Crippen LogP contribution in [0.3, 0.4) is 0 Å². The van der Waals surface area contributed by atoms with E-state index in [0.717, 1.165) is 23.3 Å². The molecule has 29 heavy (non-hydrogen) atoms. The normalized spacial score (nSPS) is 12.3. The second-order valence-corrected chi connectivity index (χ2v) is 8.06. The Hall–Kier alpha value is -3.10. The summed E-state index contributed by atoms with van der Waals surface area (Å²) >= 11 is 0. The molecule has 3 aromatic rings. The van der Waals surface area contributed by atoms with Gasteiger partial charge in [0, 0.05) is 25.4 Å². The molecule has 6 nitrogen and oxygen atoms in total. The van der Waals surface area contributed by atoms with Crippen LogP contribution < -0.4 is 10.0 Å². The number of hydrogen-bond donors (Lipinski definition) is 2. The zero-order valence-corrected chi connectivity index (χ0v) is 16.3. The summed E-state index contributed by atoms with van der Waals surface area (Å²) in [6, 6.07) is 17.2. The lowest BCUT2D eigenvalue weighted by atomic mass is 9.99. The molecule has 3 rings (SSSR count). The van der Waals surface area contributed by atoms with Crippen LogP contribution in [0.15, 0.2) is 84.0 Å². The van der Waals surface area contributed by atoms with Gasteiger partial charge in [0.25, 0.3) is 0 Å². The zero-order chi connectivity index (χ0) is 20.7. The minimum Gasteiger partial charge on any atom is -0.345 e. The fourth-order valence-electron chi connectivity index (χ4n) is 2.79. The summed E-state index contributed by atoms with van der Waals surface area (Å²) in [4.78, 5) is 16.4. The van der Waals surface area contributed by atoms with E-state index in [-0.39, 0.29) is 29.8 Å². The average molecular weight is 413 g/mol. The first kappa shape index (κ1) is 20.6. The van der Waals surface area contributed by atoms with E-state index >= 15 is 0 Å². The van der Waals surface area contributed by atoms with Crippen molar-refractivity contribution < 1.29 is 17.6 Å². The molecular formula is C21H20FN3O3S. The number of aromatic nitrogens is 1. The van der Waals surface area contributed by atoms with Gasteiger partial charge in [-0.05, 0) is 47.5 Å². The van der Waals surface area contributed by atoms with Gasteiger partial charge in [0.2, 0.25) is 15.9 Å². The second kappa shape index (κ2) is 9.40. The molecule has 0 radical (unpaired) electrons. The van der Waals surface area contributed by atoms with Crippen molar-refractivity contribution in [1.29, 1.82) is 0 Å². The van der Waals surface area contributed by atoms with E-state index in [2.05, 4.69) is 15.0 Å². The number of sulfonamides is 1. The molecule has 0 saturated heterocycles. The summed E-state index contributed by atoms with van der Waals surface area (Å²) in [6.07, 6.45) is 3.25. The first-order valence-corrected chi connectivity index (χ1v) is 10.4.